The van der Waals surface area contributed by atoms with Crippen LogP contribution in [0.1, 0.15) is 24.5 Å². The van der Waals surface area contributed by atoms with Crippen molar-refractivity contribution in [1.29, 1.82) is 0 Å². The molecule has 2 amide bonds. The van der Waals surface area contributed by atoms with Gasteiger partial charge in [0.1, 0.15) is 0 Å². The normalized spacial score (nSPS) is 11.8. The first kappa shape index (κ1) is 17.2. The summed E-state index contributed by atoms with van der Waals surface area (Å²) in [5.41, 5.74) is 7.83. The Labute approximate surface area is 126 Å². The van der Waals surface area contributed by atoms with Gasteiger partial charge in [0.05, 0.1) is 6.54 Å². The Morgan fingerprint density at radius 3 is 2.48 bits per heavy atom. The van der Waals surface area contributed by atoms with Crippen LogP contribution in [0.4, 0.5) is 0 Å². The molecule has 0 aliphatic heterocycles. The molecule has 0 spiro atoms. The fourth-order valence-electron chi connectivity index (χ4n) is 1.80. The monoisotopic (exact) mass is 291 g/mol. The van der Waals surface area contributed by atoms with E-state index in [2.05, 4.69) is 5.32 Å². The maximum atomic E-state index is 11.8. The van der Waals surface area contributed by atoms with Gasteiger partial charge in [0.15, 0.2) is 0 Å². The molecular weight excluding hydrogens is 266 g/mol. The highest BCUT2D eigenvalue weighted by Gasteiger charge is 2.14. The first-order chi connectivity index (χ1) is 9.93. The molecule has 3 N–H and O–H groups in total. The van der Waals surface area contributed by atoms with E-state index in [1.165, 1.54) is 5.56 Å². The quantitative estimate of drug-likeness (QED) is 0.782. The van der Waals surface area contributed by atoms with Crippen molar-refractivity contribution in [3.8, 4) is 0 Å². The van der Waals surface area contributed by atoms with E-state index < -0.39 is 0 Å². The molecule has 1 aromatic carbocycles. The minimum atomic E-state index is -0.128. The molecule has 116 valence electrons. The number of hydrogen-bond donors (Lipinski definition) is 2. The summed E-state index contributed by atoms with van der Waals surface area (Å²) in [6.07, 6.45) is 1.06. The van der Waals surface area contributed by atoms with Gasteiger partial charge in [-0.15, -0.1) is 0 Å². The van der Waals surface area contributed by atoms with E-state index in [4.69, 9.17) is 5.73 Å². The number of carbonyl (C=O) groups excluding carboxylic acids is 2. The third kappa shape index (κ3) is 5.95. The minimum Gasteiger partial charge on any atom is -0.347 e. The Hall–Kier alpha value is -1.88. The molecule has 1 unspecified atom stereocenters. The molecule has 1 atom stereocenters. The molecular formula is C16H25N3O2. The average Bonchev–Trinajstić information content (AvgIpc) is 2.50. The van der Waals surface area contributed by atoms with Crippen molar-refractivity contribution < 1.29 is 9.59 Å². The standard InChI is InChI=1S/C16H25N3O2/c1-12-4-6-14(7-5-12)8-9-15(20)18-11-16(21)19(3)13(2)10-17/h4-7,13H,8-11,17H2,1-3H3,(H,18,20). The molecule has 1 rings (SSSR count). The van der Waals surface area contributed by atoms with E-state index in [1.807, 2.05) is 38.1 Å². The van der Waals surface area contributed by atoms with Gasteiger partial charge in [-0.1, -0.05) is 29.8 Å². The zero-order valence-corrected chi connectivity index (χ0v) is 13.1. The summed E-state index contributed by atoms with van der Waals surface area (Å²) in [4.78, 5) is 25.1. The lowest BCUT2D eigenvalue weighted by atomic mass is 10.1. The molecule has 5 heteroatoms. The highest BCUT2D eigenvalue weighted by molar-refractivity contribution is 5.84. The van der Waals surface area contributed by atoms with Crippen LogP contribution in [0.15, 0.2) is 24.3 Å². The Kier molecular flexibility index (Phi) is 6.88. The molecule has 0 aromatic heterocycles. The van der Waals surface area contributed by atoms with Crippen molar-refractivity contribution in [2.75, 3.05) is 20.1 Å². The average molecular weight is 291 g/mol. The van der Waals surface area contributed by atoms with E-state index in [0.29, 0.717) is 19.4 Å². The smallest absolute Gasteiger partial charge is 0.241 e. The summed E-state index contributed by atoms with van der Waals surface area (Å²) in [5.74, 6) is -0.241. The summed E-state index contributed by atoms with van der Waals surface area (Å²) in [5, 5.41) is 2.65. The number of benzene rings is 1. The number of hydrogen-bond acceptors (Lipinski definition) is 3. The van der Waals surface area contributed by atoms with Crippen molar-refractivity contribution >= 4 is 11.8 Å². The molecule has 5 nitrogen and oxygen atoms in total. The molecule has 21 heavy (non-hydrogen) atoms. The number of amides is 2. The molecule has 0 bridgehead atoms. The third-order valence-corrected chi connectivity index (χ3v) is 3.59. The second kappa shape index (κ2) is 8.42. The van der Waals surface area contributed by atoms with Gasteiger partial charge in [-0.2, -0.15) is 0 Å². The van der Waals surface area contributed by atoms with Crippen molar-refractivity contribution in [3.63, 3.8) is 0 Å². The van der Waals surface area contributed by atoms with Crippen molar-refractivity contribution in [3.05, 3.63) is 35.4 Å². The number of rotatable bonds is 7. The van der Waals surface area contributed by atoms with E-state index >= 15 is 0 Å². The predicted octanol–water partition coefficient (Wildman–Crippen LogP) is 0.849. The van der Waals surface area contributed by atoms with Crippen LogP contribution in [0.3, 0.4) is 0 Å². The molecule has 0 heterocycles. The molecule has 0 saturated carbocycles. The van der Waals surface area contributed by atoms with Crippen LogP contribution in [0.25, 0.3) is 0 Å². The van der Waals surface area contributed by atoms with Gasteiger partial charge in [-0.3, -0.25) is 9.59 Å². The Morgan fingerprint density at radius 2 is 1.90 bits per heavy atom. The summed E-state index contributed by atoms with van der Waals surface area (Å²) in [6.45, 7) is 4.33. The summed E-state index contributed by atoms with van der Waals surface area (Å²) < 4.78 is 0. The van der Waals surface area contributed by atoms with Crippen LogP contribution in [0, 0.1) is 6.92 Å². The number of carbonyl (C=O) groups is 2. The number of nitrogens with two attached hydrogens (primary N) is 1. The van der Waals surface area contributed by atoms with Gasteiger partial charge >= 0.3 is 0 Å². The van der Waals surface area contributed by atoms with Gasteiger partial charge in [0.2, 0.25) is 11.8 Å². The zero-order chi connectivity index (χ0) is 15.8. The first-order valence-corrected chi connectivity index (χ1v) is 7.22. The second-order valence-corrected chi connectivity index (χ2v) is 5.35. The van der Waals surface area contributed by atoms with Crippen LogP contribution < -0.4 is 11.1 Å². The van der Waals surface area contributed by atoms with Crippen molar-refractivity contribution in [2.45, 2.75) is 32.7 Å². The lowest BCUT2D eigenvalue weighted by Crippen LogP contribution is -2.44. The van der Waals surface area contributed by atoms with Gasteiger partial charge in [-0.05, 0) is 25.8 Å². The minimum absolute atomic E-state index is 0.0214. The molecule has 0 aliphatic carbocycles. The second-order valence-electron chi connectivity index (χ2n) is 5.35. The highest BCUT2D eigenvalue weighted by atomic mass is 16.2. The number of aryl methyl sites for hydroxylation is 2. The topological polar surface area (TPSA) is 75.4 Å². The van der Waals surface area contributed by atoms with Crippen molar-refractivity contribution in [1.82, 2.24) is 10.2 Å². The molecule has 0 radical (unpaired) electrons. The predicted molar refractivity (Wildman–Crippen MR) is 83.8 cm³/mol. The van der Waals surface area contributed by atoms with Crippen LogP contribution in [0.2, 0.25) is 0 Å². The molecule has 1 aromatic rings. The lowest BCUT2D eigenvalue weighted by molar-refractivity contribution is -0.133. The highest BCUT2D eigenvalue weighted by Crippen LogP contribution is 2.05. The number of likely N-dealkylation sites (N-methyl/N-ethyl adjacent to an activating group) is 1. The maximum absolute atomic E-state index is 11.8. The first-order valence-electron chi connectivity index (χ1n) is 7.22. The van der Waals surface area contributed by atoms with Gasteiger partial charge in [0, 0.05) is 26.1 Å². The van der Waals surface area contributed by atoms with E-state index in [0.717, 1.165) is 5.56 Å². The Bertz CT molecular complexity index is 471. The van der Waals surface area contributed by atoms with Crippen LogP contribution in [-0.2, 0) is 16.0 Å². The third-order valence-electron chi connectivity index (χ3n) is 3.59. The van der Waals surface area contributed by atoms with Crippen LogP contribution in [-0.4, -0.2) is 42.9 Å². The van der Waals surface area contributed by atoms with Gasteiger partial charge in [0.25, 0.3) is 0 Å². The number of nitrogens with zero attached hydrogens (tertiary/aromatic N) is 1. The fourth-order valence-corrected chi connectivity index (χ4v) is 1.80. The Balaban J connectivity index is 2.31. The largest absolute Gasteiger partial charge is 0.347 e. The Morgan fingerprint density at radius 1 is 1.29 bits per heavy atom. The lowest BCUT2D eigenvalue weighted by Gasteiger charge is -2.23. The van der Waals surface area contributed by atoms with Gasteiger partial charge < -0.3 is 16.0 Å². The van der Waals surface area contributed by atoms with Crippen LogP contribution >= 0.6 is 0 Å². The summed E-state index contributed by atoms with van der Waals surface area (Å²) in [7, 11) is 1.69. The fraction of sp³-hybridized carbons (Fsp3) is 0.500. The van der Waals surface area contributed by atoms with E-state index in [9.17, 15) is 9.59 Å². The molecule has 0 aliphatic rings. The molecule has 0 saturated heterocycles. The number of nitrogens with one attached hydrogen (secondary N) is 1. The van der Waals surface area contributed by atoms with E-state index in [1.54, 1.807) is 11.9 Å². The van der Waals surface area contributed by atoms with Crippen LogP contribution in [0.5, 0.6) is 0 Å². The summed E-state index contributed by atoms with van der Waals surface area (Å²) >= 11 is 0. The molecule has 0 fully saturated rings. The summed E-state index contributed by atoms with van der Waals surface area (Å²) in [6, 6.07) is 8.07. The van der Waals surface area contributed by atoms with Crippen molar-refractivity contribution in [2.24, 2.45) is 5.73 Å². The van der Waals surface area contributed by atoms with E-state index in [-0.39, 0.29) is 24.4 Å². The van der Waals surface area contributed by atoms with Gasteiger partial charge in [-0.25, -0.2) is 0 Å². The maximum Gasteiger partial charge on any atom is 0.241 e. The zero-order valence-electron chi connectivity index (χ0n) is 13.1. The SMILES string of the molecule is Cc1ccc(CCC(=O)NCC(=O)N(C)C(C)CN)cc1.